The Bertz CT molecular complexity index is 852. The molecule has 2 aromatic rings. The summed E-state index contributed by atoms with van der Waals surface area (Å²) in [7, 11) is 1.48. The number of rotatable bonds is 2. The largest absolute Gasteiger partial charge is 0.465 e. The second-order valence-electron chi connectivity index (χ2n) is 4.57. The standard InChI is InChI=1S/C13H11N5O4/c1-14-12(20)10-7-4-15-18-11(19)6-2-5(16-13(21)22)3-8(17-10)9(6)7/h2-4,16-17H,1H3,(H,14,20)(H,18,19)(H,21,22). The van der Waals surface area contributed by atoms with Gasteiger partial charge in [0.05, 0.1) is 11.8 Å². The lowest BCUT2D eigenvalue weighted by Gasteiger charge is -2.05. The Kier molecular flexibility index (Phi) is 3.02. The van der Waals surface area contributed by atoms with E-state index in [0.29, 0.717) is 16.5 Å². The highest BCUT2D eigenvalue weighted by Crippen LogP contribution is 2.29. The predicted molar refractivity (Wildman–Crippen MR) is 78.4 cm³/mol. The molecule has 3 rings (SSSR count). The number of hydrogen-bond donors (Lipinski definition) is 5. The Morgan fingerprint density at radius 3 is 2.77 bits per heavy atom. The molecule has 1 aliphatic heterocycles. The van der Waals surface area contributed by atoms with Crippen LogP contribution in [0.3, 0.4) is 0 Å². The van der Waals surface area contributed by atoms with Gasteiger partial charge in [0.1, 0.15) is 5.69 Å². The molecule has 0 fully saturated rings. The minimum atomic E-state index is -1.25. The van der Waals surface area contributed by atoms with Gasteiger partial charge in [-0.15, -0.1) is 0 Å². The molecule has 0 radical (unpaired) electrons. The Balaban J connectivity index is 2.32. The Morgan fingerprint density at radius 2 is 2.09 bits per heavy atom. The van der Waals surface area contributed by atoms with Crippen molar-refractivity contribution in [2.45, 2.75) is 0 Å². The monoisotopic (exact) mass is 301 g/mol. The average Bonchev–Trinajstić information content (AvgIpc) is 2.74. The lowest BCUT2D eigenvalue weighted by molar-refractivity contribution is 0.0950. The van der Waals surface area contributed by atoms with Gasteiger partial charge in [0.2, 0.25) is 0 Å². The summed E-state index contributed by atoms with van der Waals surface area (Å²) in [4.78, 5) is 37.7. The second kappa shape index (κ2) is 4.88. The molecule has 0 aliphatic carbocycles. The number of carbonyl (C=O) groups is 3. The summed E-state index contributed by atoms with van der Waals surface area (Å²) < 4.78 is 0. The van der Waals surface area contributed by atoms with Gasteiger partial charge in [0, 0.05) is 29.2 Å². The van der Waals surface area contributed by atoms with Crippen molar-refractivity contribution in [1.82, 2.24) is 15.7 Å². The van der Waals surface area contributed by atoms with E-state index in [1.165, 1.54) is 25.4 Å². The number of aromatic amines is 1. The van der Waals surface area contributed by atoms with Crippen LogP contribution in [0.5, 0.6) is 0 Å². The molecule has 9 nitrogen and oxygen atoms in total. The van der Waals surface area contributed by atoms with E-state index in [9.17, 15) is 14.4 Å². The van der Waals surface area contributed by atoms with Crippen LogP contribution < -0.4 is 16.1 Å². The molecule has 0 saturated carbocycles. The average molecular weight is 301 g/mol. The maximum atomic E-state index is 12.1. The molecule has 5 N–H and O–H groups in total. The smallest absolute Gasteiger partial charge is 0.409 e. The first-order chi connectivity index (χ1) is 10.5. The van der Waals surface area contributed by atoms with Gasteiger partial charge in [-0.2, -0.15) is 5.10 Å². The minimum absolute atomic E-state index is 0.211. The van der Waals surface area contributed by atoms with Crippen molar-refractivity contribution in [1.29, 1.82) is 0 Å². The highest BCUT2D eigenvalue weighted by Gasteiger charge is 2.24. The van der Waals surface area contributed by atoms with E-state index in [0.717, 1.165) is 0 Å². The minimum Gasteiger partial charge on any atom is -0.465 e. The van der Waals surface area contributed by atoms with Crippen LogP contribution in [0.25, 0.3) is 10.9 Å². The number of carbonyl (C=O) groups excluding carboxylic acids is 2. The summed E-state index contributed by atoms with van der Waals surface area (Å²) >= 11 is 0. The molecular weight excluding hydrogens is 290 g/mol. The molecule has 112 valence electrons. The summed E-state index contributed by atoms with van der Waals surface area (Å²) in [6, 6.07) is 2.90. The van der Waals surface area contributed by atoms with Gasteiger partial charge < -0.3 is 15.4 Å². The van der Waals surface area contributed by atoms with Crippen LogP contribution in [0.15, 0.2) is 17.2 Å². The highest BCUT2D eigenvalue weighted by molar-refractivity contribution is 6.19. The number of carboxylic acid groups (broad SMARTS) is 1. The SMILES string of the molecule is CNC(=O)c1[nH]c2cc(NC(=O)O)cc3c2c1C=NNC3=O. The molecule has 0 saturated heterocycles. The quantitative estimate of drug-likeness (QED) is 0.557. The number of aromatic nitrogens is 1. The number of nitrogens with one attached hydrogen (secondary N) is 4. The molecule has 1 aromatic carbocycles. The van der Waals surface area contributed by atoms with E-state index in [1.807, 2.05) is 0 Å². The predicted octanol–water partition coefficient (Wildman–Crippen LogP) is 0.695. The topological polar surface area (TPSA) is 136 Å². The first-order valence-corrected chi connectivity index (χ1v) is 6.26. The number of hydrazone groups is 1. The lowest BCUT2D eigenvalue weighted by atomic mass is 10.0. The summed E-state index contributed by atoms with van der Waals surface area (Å²) in [6.45, 7) is 0. The van der Waals surface area contributed by atoms with Gasteiger partial charge in [0.25, 0.3) is 11.8 Å². The van der Waals surface area contributed by atoms with Crippen LogP contribution in [-0.4, -0.2) is 41.3 Å². The number of amides is 3. The lowest BCUT2D eigenvalue weighted by Crippen LogP contribution is -2.19. The Morgan fingerprint density at radius 1 is 1.32 bits per heavy atom. The van der Waals surface area contributed by atoms with Gasteiger partial charge in [-0.3, -0.25) is 14.9 Å². The zero-order valence-corrected chi connectivity index (χ0v) is 11.4. The van der Waals surface area contributed by atoms with Gasteiger partial charge >= 0.3 is 6.09 Å². The molecular formula is C13H11N5O4. The van der Waals surface area contributed by atoms with Gasteiger partial charge in [0.15, 0.2) is 0 Å². The molecule has 22 heavy (non-hydrogen) atoms. The van der Waals surface area contributed by atoms with Crippen molar-refractivity contribution in [3.8, 4) is 0 Å². The van der Waals surface area contributed by atoms with Gasteiger partial charge in [-0.25, -0.2) is 10.2 Å². The molecule has 1 aliphatic rings. The summed E-state index contributed by atoms with van der Waals surface area (Å²) in [5.41, 5.74) is 3.91. The molecule has 3 amide bonds. The van der Waals surface area contributed by atoms with Crippen LogP contribution in [0.4, 0.5) is 10.5 Å². The third-order valence-corrected chi connectivity index (χ3v) is 3.25. The van der Waals surface area contributed by atoms with Crippen LogP contribution in [0.1, 0.15) is 26.4 Å². The summed E-state index contributed by atoms with van der Waals surface area (Å²) in [5.74, 6) is -0.859. The van der Waals surface area contributed by atoms with Crippen molar-refractivity contribution < 1.29 is 19.5 Å². The molecule has 0 unspecified atom stereocenters. The van der Waals surface area contributed by atoms with Gasteiger partial charge in [-0.1, -0.05) is 0 Å². The Hall–Kier alpha value is -3.36. The van der Waals surface area contributed by atoms with Crippen LogP contribution in [0.2, 0.25) is 0 Å². The third-order valence-electron chi connectivity index (χ3n) is 3.25. The fraction of sp³-hybridized carbons (Fsp3) is 0.0769. The zero-order chi connectivity index (χ0) is 15.9. The fourth-order valence-corrected chi connectivity index (χ4v) is 2.38. The van der Waals surface area contributed by atoms with Crippen molar-refractivity contribution in [3.63, 3.8) is 0 Å². The first kappa shape index (κ1) is 13.6. The molecule has 9 heteroatoms. The maximum Gasteiger partial charge on any atom is 0.409 e. The Labute approximate surface area is 123 Å². The molecule has 0 atom stereocenters. The first-order valence-electron chi connectivity index (χ1n) is 6.26. The number of hydrogen-bond acceptors (Lipinski definition) is 4. The highest BCUT2D eigenvalue weighted by atomic mass is 16.4. The zero-order valence-electron chi connectivity index (χ0n) is 11.4. The van der Waals surface area contributed by atoms with Crippen LogP contribution in [-0.2, 0) is 0 Å². The van der Waals surface area contributed by atoms with Crippen molar-refractivity contribution in [3.05, 3.63) is 29.0 Å². The van der Waals surface area contributed by atoms with E-state index < -0.39 is 12.0 Å². The molecule has 0 bridgehead atoms. The third kappa shape index (κ3) is 2.04. The van der Waals surface area contributed by atoms with E-state index >= 15 is 0 Å². The maximum absolute atomic E-state index is 12.1. The van der Waals surface area contributed by atoms with Gasteiger partial charge in [-0.05, 0) is 12.1 Å². The van der Waals surface area contributed by atoms with E-state index in [2.05, 4.69) is 26.1 Å². The number of benzene rings is 1. The molecule has 1 aromatic heterocycles. The van der Waals surface area contributed by atoms with Crippen LogP contribution >= 0.6 is 0 Å². The van der Waals surface area contributed by atoms with Crippen molar-refractivity contribution >= 4 is 40.7 Å². The number of H-pyrrole nitrogens is 1. The number of anilines is 1. The van der Waals surface area contributed by atoms with Crippen molar-refractivity contribution in [2.75, 3.05) is 12.4 Å². The normalized spacial score (nSPS) is 12.7. The summed E-state index contributed by atoms with van der Waals surface area (Å²) in [5, 5.41) is 17.8. The number of nitrogens with zero attached hydrogens (tertiary/aromatic N) is 1. The molecule has 0 spiro atoms. The molecule has 2 heterocycles. The van der Waals surface area contributed by atoms with Crippen molar-refractivity contribution in [2.24, 2.45) is 5.10 Å². The van der Waals surface area contributed by atoms with E-state index in [-0.39, 0.29) is 22.9 Å². The van der Waals surface area contributed by atoms with E-state index in [1.54, 1.807) is 0 Å². The summed E-state index contributed by atoms with van der Waals surface area (Å²) in [6.07, 6.45) is 0.123. The van der Waals surface area contributed by atoms with E-state index in [4.69, 9.17) is 5.11 Å². The second-order valence-corrected chi connectivity index (χ2v) is 4.57. The fourth-order valence-electron chi connectivity index (χ4n) is 2.38. The van der Waals surface area contributed by atoms with Crippen LogP contribution in [0, 0.1) is 0 Å².